The second kappa shape index (κ2) is 4.49. The average Bonchev–Trinajstić information content (AvgIpc) is 2.66. The van der Waals surface area contributed by atoms with Crippen molar-refractivity contribution in [3.05, 3.63) is 35.3 Å². The predicted octanol–water partition coefficient (Wildman–Crippen LogP) is 3.50. The number of aromatic nitrogens is 1. The number of ether oxygens (including phenoxy) is 1. The van der Waals surface area contributed by atoms with E-state index in [0.717, 1.165) is 17.1 Å². The molecular formula is C11H10BrNO2. The third-order valence-corrected chi connectivity index (χ3v) is 2.27. The van der Waals surface area contributed by atoms with Crippen LogP contribution < -0.4 is 4.74 Å². The van der Waals surface area contributed by atoms with Crippen LogP contribution in [0.1, 0.15) is 6.92 Å². The van der Waals surface area contributed by atoms with Gasteiger partial charge in [0.05, 0.1) is 12.8 Å². The van der Waals surface area contributed by atoms with Crippen LogP contribution in [0.2, 0.25) is 0 Å². The third-order valence-electron chi connectivity index (χ3n) is 1.91. The van der Waals surface area contributed by atoms with Crippen LogP contribution in [0.25, 0.3) is 11.3 Å². The third kappa shape index (κ3) is 2.39. The molecule has 0 saturated carbocycles. The lowest BCUT2D eigenvalue weighted by Gasteiger charge is -2.03. The summed E-state index contributed by atoms with van der Waals surface area (Å²) in [5, 5.41) is 0. The molecule has 1 aromatic heterocycles. The number of hydrogen-bond donors (Lipinski definition) is 0. The average molecular weight is 268 g/mol. The molecule has 0 fully saturated rings. The number of oxazole rings is 1. The molecule has 0 saturated heterocycles. The van der Waals surface area contributed by atoms with Gasteiger partial charge < -0.3 is 9.15 Å². The van der Waals surface area contributed by atoms with Gasteiger partial charge in [0.25, 0.3) is 4.80 Å². The Kier molecular flexibility index (Phi) is 3.06. The van der Waals surface area contributed by atoms with Crippen molar-refractivity contribution in [2.75, 3.05) is 6.61 Å². The Hall–Kier alpha value is -1.29. The largest absolute Gasteiger partial charge is 0.494 e. The van der Waals surface area contributed by atoms with Gasteiger partial charge in [-0.15, -0.1) is 0 Å². The molecule has 0 unspecified atom stereocenters. The van der Waals surface area contributed by atoms with Crippen LogP contribution in [0.15, 0.2) is 39.7 Å². The molecule has 4 heteroatoms. The van der Waals surface area contributed by atoms with Crippen LogP contribution >= 0.6 is 15.9 Å². The first kappa shape index (κ1) is 10.2. The summed E-state index contributed by atoms with van der Waals surface area (Å²) in [7, 11) is 0. The smallest absolute Gasteiger partial charge is 0.264 e. The summed E-state index contributed by atoms with van der Waals surface area (Å²) in [6.45, 7) is 2.61. The lowest BCUT2D eigenvalue weighted by atomic mass is 10.2. The Morgan fingerprint density at radius 2 is 2.33 bits per heavy atom. The Morgan fingerprint density at radius 3 is 3.00 bits per heavy atom. The molecule has 1 aromatic carbocycles. The monoisotopic (exact) mass is 267 g/mol. The van der Waals surface area contributed by atoms with Crippen molar-refractivity contribution in [2.24, 2.45) is 0 Å². The zero-order chi connectivity index (χ0) is 10.7. The van der Waals surface area contributed by atoms with Crippen molar-refractivity contribution in [1.82, 2.24) is 4.98 Å². The number of hydrogen-bond acceptors (Lipinski definition) is 3. The molecule has 0 atom stereocenters. The van der Waals surface area contributed by atoms with Crippen molar-refractivity contribution < 1.29 is 9.15 Å². The molecule has 0 N–H and O–H groups in total. The highest BCUT2D eigenvalue weighted by atomic mass is 79.9. The number of nitrogens with zero attached hydrogens (tertiary/aromatic N) is 1. The second-order valence-corrected chi connectivity index (χ2v) is 3.62. The summed E-state index contributed by atoms with van der Waals surface area (Å²) in [6.07, 6.45) is 1.68. The van der Waals surface area contributed by atoms with Crippen molar-refractivity contribution in [2.45, 2.75) is 6.92 Å². The highest BCUT2D eigenvalue weighted by molar-refractivity contribution is 9.10. The summed E-state index contributed by atoms with van der Waals surface area (Å²) in [6, 6.07) is 7.72. The van der Waals surface area contributed by atoms with E-state index in [1.165, 1.54) is 0 Å². The fourth-order valence-corrected chi connectivity index (χ4v) is 1.57. The first-order chi connectivity index (χ1) is 7.29. The van der Waals surface area contributed by atoms with Crippen LogP contribution in [-0.2, 0) is 0 Å². The molecule has 0 radical (unpaired) electrons. The lowest BCUT2D eigenvalue weighted by Crippen LogP contribution is -1.90. The summed E-state index contributed by atoms with van der Waals surface area (Å²) in [5.41, 5.74) is 0.958. The second-order valence-electron chi connectivity index (χ2n) is 2.94. The van der Waals surface area contributed by atoms with E-state index in [1.54, 1.807) is 6.20 Å². The van der Waals surface area contributed by atoms with Crippen LogP contribution in [0, 0.1) is 0 Å². The summed E-state index contributed by atoms with van der Waals surface area (Å²) in [5.74, 6) is 1.56. The molecule has 78 valence electrons. The molecule has 2 aromatic rings. The highest BCUT2D eigenvalue weighted by Gasteiger charge is 2.05. The van der Waals surface area contributed by atoms with Gasteiger partial charge in [0.15, 0.2) is 5.76 Å². The van der Waals surface area contributed by atoms with Crippen molar-refractivity contribution >= 4 is 15.9 Å². The quantitative estimate of drug-likeness (QED) is 0.854. The van der Waals surface area contributed by atoms with Gasteiger partial charge in [0.2, 0.25) is 0 Å². The van der Waals surface area contributed by atoms with Gasteiger partial charge >= 0.3 is 0 Å². The molecular weight excluding hydrogens is 258 g/mol. The maximum absolute atomic E-state index is 5.40. The maximum atomic E-state index is 5.40. The topological polar surface area (TPSA) is 35.3 Å². The van der Waals surface area contributed by atoms with Crippen molar-refractivity contribution in [3.8, 4) is 17.1 Å². The Morgan fingerprint density at radius 1 is 1.47 bits per heavy atom. The number of halogens is 1. The number of rotatable bonds is 3. The molecule has 2 rings (SSSR count). The van der Waals surface area contributed by atoms with Crippen LogP contribution in [-0.4, -0.2) is 11.6 Å². The molecule has 0 bridgehead atoms. The predicted molar refractivity (Wildman–Crippen MR) is 60.8 cm³/mol. The van der Waals surface area contributed by atoms with Crippen molar-refractivity contribution in [3.63, 3.8) is 0 Å². The zero-order valence-corrected chi connectivity index (χ0v) is 9.82. The van der Waals surface area contributed by atoms with Crippen LogP contribution in [0.5, 0.6) is 5.75 Å². The number of benzene rings is 1. The van der Waals surface area contributed by atoms with E-state index in [-0.39, 0.29) is 0 Å². The van der Waals surface area contributed by atoms with E-state index in [9.17, 15) is 0 Å². The van der Waals surface area contributed by atoms with Crippen LogP contribution in [0.3, 0.4) is 0 Å². The first-order valence-electron chi connectivity index (χ1n) is 4.64. The Labute approximate surface area is 96.2 Å². The van der Waals surface area contributed by atoms with Gasteiger partial charge in [-0.25, -0.2) is 4.98 Å². The van der Waals surface area contributed by atoms with E-state index < -0.39 is 0 Å². The normalized spacial score (nSPS) is 10.3. The Balaban J connectivity index is 2.32. The minimum Gasteiger partial charge on any atom is -0.494 e. The summed E-state index contributed by atoms with van der Waals surface area (Å²) >= 11 is 3.17. The molecule has 0 amide bonds. The molecule has 0 aliphatic carbocycles. The van der Waals surface area contributed by atoms with Gasteiger partial charge in [-0.1, -0.05) is 12.1 Å². The van der Waals surface area contributed by atoms with Gasteiger partial charge in [-0.2, -0.15) is 0 Å². The molecule has 0 aliphatic rings. The van der Waals surface area contributed by atoms with Gasteiger partial charge in [0.1, 0.15) is 5.75 Å². The van der Waals surface area contributed by atoms with Gasteiger partial charge in [0, 0.05) is 21.5 Å². The first-order valence-corrected chi connectivity index (χ1v) is 5.43. The van der Waals surface area contributed by atoms with E-state index in [4.69, 9.17) is 9.15 Å². The summed E-state index contributed by atoms with van der Waals surface area (Å²) in [4.78, 5) is 4.46. The highest BCUT2D eigenvalue weighted by Crippen LogP contribution is 2.25. The summed E-state index contributed by atoms with van der Waals surface area (Å²) < 4.78 is 10.8. The zero-order valence-electron chi connectivity index (χ0n) is 8.24. The minimum atomic E-state index is 0.485. The SMILES string of the molecule is CCOc1cccc(-c2cnc(Br)o2)c1. The van der Waals surface area contributed by atoms with Crippen LogP contribution in [0.4, 0.5) is 0 Å². The maximum Gasteiger partial charge on any atom is 0.264 e. The van der Waals surface area contributed by atoms with Gasteiger partial charge in [-0.05, 0) is 19.1 Å². The lowest BCUT2D eigenvalue weighted by molar-refractivity contribution is 0.340. The molecule has 1 heterocycles. The van der Waals surface area contributed by atoms with E-state index in [1.807, 2.05) is 31.2 Å². The molecule has 3 nitrogen and oxygen atoms in total. The minimum absolute atomic E-state index is 0.485. The van der Waals surface area contributed by atoms with Crippen molar-refractivity contribution in [1.29, 1.82) is 0 Å². The van der Waals surface area contributed by atoms with E-state index in [2.05, 4.69) is 20.9 Å². The van der Waals surface area contributed by atoms with Gasteiger partial charge in [-0.3, -0.25) is 0 Å². The fourth-order valence-electron chi connectivity index (χ4n) is 1.29. The molecule has 0 aliphatic heterocycles. The Bertz CT molecular complexity index is 453. The molecule has 15 heavy (non-hydrogen) atoms. The van der Waals surface area contributed by atoms with E-state index in [0.29, 0.717) is 11.4 Å². The molecule has 0 spiro atoms. The standard InChI is InChI=1S/C11H10BrNO2/c1-2-14-9-5-3-4-8(6-9)10-7-13-11(12)15-10/h3-7H,2H2,1H3. The van der Waals surface area contributed by atoms with E-state index >= 15 is 0 Å². The fraction of sp³-hybridized carbons (Fsp3) is 0.182.